The van der Waals surface area contributed by atoms with Crippen LogP contribution in [0.2, 0.25) is 0 Å². The number of pyridine rings is 1. The van der Waals surface area contributed by atoms with Crippen molar-refractivity contribution in [2.24, 2.45) is 5.73 Å². The van der Waals surface area contributed by atoms with Gasteiger partial charge in [-0.3, -0.25) is 0 Å². The van der Waals surface area contributed by atoms with Crippen molar-refractivity contribution in [3.05, 3.63) is 29.8 Å². The first-order valence-electron chi connectivity index (χ1n) is 3.63. The Hall–Kier alpha value is -1.42. The fraction of sp³-hybridized carbons (Fsp3) is 0.125. The lowest BCUT2D eigenvalue weighted by Crippen LogP contribution is -1.96. The Balaban J connectivity index is 2.71. The van der Waals surface area contributed by atoms with Gasteiger partial charge >= 0.3 is 0 Å². The molecule has 0 aliphatic carbocycles. The van der Waals surface area contributed by atoms with Crippen LogP contribution in [0.3, 0.4) is 0 Å². The zero-order chi connectivity index (χ0) is 8.55. The summed E-state index contributed by atoms with van der Waals surface area (Å²) in [5, 5.41) is 0.498. The van der Waals surface area contributed by atoms with Crippen molar-refractivity contribution in [1.82, 2.24) is 9.97 Å². The van der Waals surface area contributed by atoms with Gasteiger partial charge in [0.25, 0.3) is 0 Å². The Morgan fingerprint density at radius 3 is 3.17 bits per heavy atom. The van der Waals surface area contributed by atoms with E-state index in [1.54, 1.807) is 12.3 Å². The van der Waals surface area contributed by atoms with E-state index < -0.39 is 0 Å². The monoisotopic (exact) mass is 165 g/mol. The van der Waals surface area contributed by atoms with Crippen LogP contribution in [0.4, 0.5) is 4.39 Å². The van der Waals surface area contributed by atoms with E-state index in [0.717, 1.165) is 5.56 Å². The number of fused-ring (bicyclic) bond motifs is 1. The number of H-pyrrole nitrogens is 1. The van der Waals surface area contributed by atoms with E-state index >= 15 is 0 Å². The summed E-state index contributed by atoms with van der Waals surface area (Å²) in [6.07, 6.45) is 2.93. The molecular weight excluding hydrogens is 157 g/mol. The second kappa shape index (κ2) is 2.57. The van der Waals surface area contributed by atoms with Gasteiger partial charge < -0.3 is 10.7 Å². The van der Waals surface area contributed by atoms with E-state index in [4.69, 9.17) is 5.73 Å². The summed E-state index contributed by atoms with van der Waals surface area (Å²) in [4.78, 5) is 6.71. The molecule has 3 N–H and O–H groups in total. The van der Waals surface area contributed by atoms with Crippen LogP contribution >= 0.6 is 0 Å². The third kappa shape index (κ3) is 0.967. The molecule has 3 nitrogen and oxygen atoms in total. The SMILES string of the molecule is NCc1cnc2[nH]cc(F)c2c1. The maximum absolute atomic E-state index is 13.0. The molecule has 12 heavy (non-hydrogen) atoms. The Kier molecular flexibility index (Phi) is 1.55. The minimum Gasteiger partial charge on any atom is -0.343 e. The molecular formula is C8H8FN3. The average Bonchev–Trinajstić information content (AvgIpc) is 2.47. The number of hydrogen-bond donors (Lipinski definition) is 2. The van der Waals surface area contributed by atoms with E-state index in [1.165, 1.54) is 6.20 Å². The fourth-order valence-corrected chi connectivity index (χ4v) is 1.13. The molecule has 0 aliphatic heterocycles. The van der Waals surface area contributed by atoms with Crippen molar-refractivity contribution in [3.63, 3.8) is 0 Å². The highest BCUT2D eigenvalue weighted by Gasteiger charge is 2.03. The predicted octanol–water partition coefficient (Wildman–Crippen LogP) is 1.16. The molecule has 0 amide bonds. The number of nitrogens with two attached hydrogens (primary N) is 1. The van der Waals surface area contributed by atoms with Gasteiger partial charge in [0, 0.05) is 18.9 Å². The normalized spacial score (nSPS) is 10.8. The van der Waals surface area contributed by atoms with Gasteiger partial charge in [0.2, 0.25) is 0 Å². The van der Waals surface area contributed by atoms with Gasteiger partial charge in [0.05, 0.1) is 5.39 Å². The summed E-state index contributed by atoms with van der Waals surface area (Å²) in [5.74, 6) is -0.284. The van der Waals surface area contributed by atoms with Gasteiger partial charge in [-0.25, -0.2) is 9.37 Å². The van der Waals surface area contributed by atoms with Crippen LogP contribution in [-0.4, -0.2) is 9.97 Å². The first-order chi connectivity index (χ1) is 5.81. The van der Waals surface area contributed by atoms with Gasteiger partial charge in [-0.05, 0) is 11.6 Å². The van der Waals surface area contributed by atoms with Crippen LogP contribution < -0.4 is 5.73 Å². The lowest BCUT2D eigenvalue weighted by atomic mass is 10.2. The highest BCUT2D eigenvalue weighted by molar-refractivity contribution is 5.76. The molecule has 0 fully saturated rings. The van der Waals surface area contributed by atoms with Gasteiger partial charge in [0.1, 0.15) is 11.5 Å². The molecule has 0 radical (unpaired) electrons. The molecule has 2 rings (SSSR count). The molecule has 0 bridgehead atoms. The van der Waals surface area contributed by atoms with E-state index in [-0.39, 0.29) is 5.82 Å². The van der Waals surface area contributed by atoms with Crippen molar-refractivity contribution in [2.45, 2.75) is 6.54 Å². The zero-order valence-electron chi connectivity index (χ0n) is 6.34. The number of aromatic amines is 1. The molecule has 0 unspecified atom stereocenters. The minimum atomic E-state index is -0.284. The number of nitrogens with one attached hydrogen (secondary N) is 1. The number of hydrogen-bond acceptors (Lipinski definition) is 2. The number of aromatic nitrogens is 2. The van der Waals surface area contributed by atoms with Crippen LogP contribution in [0.5, 0.6) is 0 Å². The van der Waals surface area contributed by atoms with Crippen molar-refractivity contribution in [3.8, 4) is 0 Å². The Labute approximate surface area is 68.4 Å². The highest BCUT2D eigenvalue weighted by Crippen LogP contribution is 2.15. The van der Waals surface area contributed by atoms with Gasteiger partial charge in [-0.1, -0.05) is 0 Å². The first-order valence-corrected chi connectivity index (χ1v) is 3.63. The molecule has 2 aromatic heterocycles. The molecule has 62 valence electrons. The molecule has 0 saturated heterocycles. The van der Waals surface area contributed by atoms with Gasteiger partial charge in [-0.15, -0.1) is 0 Å². The van der Waals surface area contributed by atoms with Gasteiger partial charge in [0.15, 0.2) is 0 Å². The van der Waals surface area contributed by atoms with E-state index in [9.17, 15) is 4.39 Å². The second-order valence-electron chi connectivity index (χ2n) is 2.58. The first kappa shape index (κ1) is 7.24. The summed E-state index contributed by atoms with van der Waals surface area (Å²) in [6.45, 7) is 0.382. The van der Waals surface area contributed by atoms with E-state index in [1.807, 2.05) is 0 Å². The Morgan fingerprint density at radius 1 is 1.58 bits per heavy atom. The van der Waals surface area contributed by atoms with Crippen molar-refractivity contribution in [2.75, 3.05) is 0 Å². The number of halogens is 1. The van der Waals surface area contributed by atoms with Crippen molar-refractivity contribution < 1.29 is 4.39 Å². The number of nitrogens with zero attached hydrogens (tertiary/aromatic N) is 1. The lowest BCUT2D eigenvalue weighted by Gasteiger charge is -1.94. The summed E-state index contributed by atoms with van der Waals surface area (Å²) in [6, 6.07) is 1.70. The van der Waals surface area contributed by atoms with Crippen LogP contribution in [0.15, 0.2) is 18.5 Å². The van der Waals surface area contributed by atoms with Gasteiger partial charge in [-0.2, -0.15) is 0 Å². The summed E-state index contributed by atoms with van der Waals surface area (Å²) < 4.78 is 13.0. The molecule has 2 aromatic rings. The molecule has 0 spiro atoms. The summed E-state index contributed by atoms with van der Waals surface area (Å²) in [5.41, 5.74) is 6.78. The molecule has 4 heteroatoms. The van der Waals surface area contributed by atoms with E-state index in [2.05, 4.69) is 9.97 Å². The van der Waals surface area contributed by atoms with Crippen molar-refractivity contribution >= 4 is 11.0 Å². The number of rotatable bonds is 1. The third-order valence-electron chi connectivity index (χ3n) is 1.77. The third-order valence-corrected chi connectivity index (χ3v) is 1.77. The summed E-state index contributed by atoms with van der Waals surface area (Å²) >= 11 is 0. The maximum atomic E-state index is 13.0. The Morgan fingerprint density at radius 2 is 2.42 bits per heavy atom. The smallest absolute Gasteiger partial charge is 0.150 e. The quantitative estimate of drug-likeness (QED) is 0.666. The lowest BCUT2D eigenvalue weighted by molar-refractivity contribution is 0.639. The summed E-state index contributed by atoms with van der Waals surface area (Å²) in [7, 11) is 0. The molecule has 2 heterocycles. The fourth-order valence-electron chi connectivity index (χ4n) is 1.13. The van der Waals surface area contributed by atoms with Crippen LogP contribution in [0.25, 0.3) is 11.0 Å². The minimum absolute atomic E-state index is 0.284. The van der Waals surface area contributed by atoms with Crippen LogP contribution in [-0.2, 0) is 6.54 Å². The Bertz CT molecular complexity index is 408. The molecule has 0 atom stereocenters. The molecule has 0 aliphatic rings. The topological polar surface area (TPSA) is 54.7 Å². The molecule has 0 aromatic carbocycles. The van der Waals surface area contributed by atoms with Crippen LogP contribution in [0.1, 0.15) is 5.56 Å². The standard InChI is InChI=1S/C8H8FN3/c9-7-4-12-8-6(7)1-5(2-10)3-11-8/h1,3-4H,2,10H2,(H,11,12). The molecule has 0 saturated carbocycles. The predicted molar refractivity (Wildman–Crippen MR) is 43.9 cm³/mol. The van der Waals surface area contributed by atoms with E-state index in [0.29, 0.717) is 17.6 Å². The van der Waals surface area contributed by atoms with Crippen molar-refractivity contribution in [1.29, 1.82) is 0 Å². The second-order valence-corrected chi connectivity index (χ2v) is 2.58. The zero-order valence-corrected chi connectivity index (χ0v) is 6.34. The highest BCUT2D eigenvalue weighted by atomic mass is 19.1. The average molecular weight is 165 g/mol. The van der Waals surface area contributed by atoms with Crippen LogP contribution in [0, 0.1) is 5.82 Å². The largest absolute Gasteiger partial charge is 0.343 e. The maximum Gasteiger partial charge on any atom is 0.150 e.